The molecule has 2 aromatic heterocycles. The van der Waals surface area contributed by atoms with E-state index >= 15 is 0 Å². The number of hydrogen-bond acceptors (Lipinski definition) is 5. The number of nitrogens with zero attached hydrogens (tertiary/aromatic N) is 4. The maximum absolute atomic E-state index is 13.1. The van der Waals surface area contributed by atoms with Crippen molar-refractivity contribution in [2.24, 2.45) is 0 Å². The zero-order chi connectivity index (χ0) is 21.5. The van der Waals surface area contributed by atoms with Gasteiger partial charge in [0.2, 0.25) is 5.91 Å². The maximum Gasteiger partial charge on any atom is 0.408 e. The van der Waals surface area contributed by atoms with Crippen molar-refractivity contribution in [3.8, 4) is 0 Å². The highest BCUT2D eigenvalue weighted by Gasteiger charge is 2.41. The van der Waals surface area contributed by atoms with Gasteiger partial charge in [0.25, 0.3) is 5.91 Å². The van der Waals surface area contributed by atoms with Gasteiger partial charge < -0.3 is 10.2 Å². The Morgan fingerprint density at radius 2 is 2.07 bits per heavy atom. The van der Waals surface area contributed by atoms with Crippen LogP contribution in [0.5, 0.6) is 0 Å². The van der Waals surface area contributed by atoms with Gasteiger partial charge in [-0.15, -0.1) is 0 Å². The zero-order valence-electron chi connectivity index (χ0n) is 16.2. The van der Waals surface area contributed by atoms with E-state index in [0.717, 1.165) is 19.9 Å². The Hall–Kier alpha value is -3.17. The molecule has 0 radical (unpaired) electrons. The van der Waals surface area contributed by atoms with Gasteiger partial charge in [0.1, 0.15) is 11.7 Å². The molecule has 2 bridgehead atoms. The third kappa shape index (κ3) is 3.81. The Bertz CT molecular complexity index is 967. The fraction of sp³-hybridized carbons (Fsp3) is 0.400. The fourth-order valence-corrected chi connectivity index (χ4v) is 3.75. The monoisotopic (exact) mass is 419 g/mol. The van der Waals surface area contributed by atoms with E-state index in [2.05, 4.69) is 14.9 Å². The van der Waals surface area contributed by atoms with Crippen LogP contribution in [0.2, 0.25) is 0 Å². The highest BCUT2D eigenvalue weighted by molar-refractivity contribution is 6.00. The van der Waals surface area contributed by atoms with Crippen LogP contribution in [0.1, 0.15) is 29.5 Å². The molecule has 10 heteroatoms. The molecule has 0 aliphatic carbocycles. The summed E-state index contributed by atoms with van der Waals surface area (Å²) in [6.07, 6.45) is -2.14. The predicted octanol–water partition coefficient (Wildman–Crippen LogP) is 2.33. The topological polar surface area (TPSA) is 78.4 Å². The average molecular weight is 419 g/mol. The Morgan fingerprint density at radius 1 is 1.27 bits per heavy atom. The molecule has 30 heavy (non-hydrogen) atoms. The molecule has 2 atom stereocenters. The molecular formula is C20H20F3N5O2. The first kappa shape index (κ1) is 20.1. The summed E-state index contributed by atoms with van der Waals surface area (Å²) in [5, 5.41) is 1.91. The number of aromatic nitrogens is 2. The quantitative estimate of drug-likeness (QED) is 0.823. The standard InChI is InChI=1S/C20H20F3N5O2/c1-12(20(21,22)23)25-19(30)15-5-6-16-18(26-15)28(14-7-9-27(16)11-14)17(29)10-13-4-2-3-8-24-13/h2-6,8,12,14H,7,9-11H2,1H3,(H,25,30)/t12-,14+/m1/s1. The van der Waals surface area contributed by atoms with Gasteiger partial charge in [-0.05, 0) is 37.6 Å². The summed E-state index contributed by atoms with van der Waals surface area (Å²) < 4.78 is 38.4. The minimum Gasteiger partial charge on any atom is -0.366 e. The average Bonchev–Trinajstić information content (AvgIpc) is 3.12. The van der Waals surface area contributed by atoms with Crippen molar-refractivity contribution < 1.29 is 22.8 Å². The van der Waals surface area contributed by atoms with Crippen molar-refractivity contribution in [1.29, 1.82) is 0 Å². The summed E-state index contributed by atoms with van der Waals surface area (Å²) in [4.78, 5) is 37.5. The van der Waals surface area contributed by atoms with Crippen LogP contribution in [-0.2, 0) is 11.2 Å². The van der Waals surface area contributed by atoms with Crippen molar-refractivity contribution in [2.45, 2.75) is 38.0 Å². The van der Waals surface area contributed by atoms with E-state index in [1.807, 2.05) is 5.32 Å². The van der Waals surface area contributed by atoms with Crippen LogP contribution in [0.4, 0.5) is 24.7 Å². The number of fused-ring (bicyclic) bond motifs is 4. The van der Waals surface area contributed by atoms with Gasteiger partial charge in [0.15, 0.2) is 5.82 Å². The van der Waals surface area contributed by atoms with Crippen LogP contribution in [0.25, 0.3) is 0 Å². The lowest BCUT2D eigenvalue weighted by Crippen LogP contribution is -2.47. The molecule has 158 valence electrons. The van der Waals surface area contributed by atoms with Crippen LogP contribution in [0.15, 0.2) is 36.5 Å². The van der Waals surface area contributed by atoms with Crippen LogP contribution in [0, 0.1) is 0 Å². The molecule has 1 N–H and O–H groups in total. The molecule has 2 aliphatic rings. The highest BCUT2D eigenvalue weighted by atomic mass is 19.4. The van der Waals surface area contributed by atoms with Crippen LogP contribution in [-0.4, -0.2) is 53.1 Å². The maximum atomic E-state index is 13.1. The van der Waals surface area contributed by atoms with Crippen molar-refractivity contribution in [3.63, 3.8) is 0 Å². The molecule has 0 unspecified atom stereocenters. The Morgan fingerprint density at radius 3 is 2.77 bits per heavy atom. The summed E-state index contributed by atoms with van der Waals surface area (Å²) in [7, 11) is 0. The van der Waals surface area contributed by atoms with Crippen LogP contribution in [0.3, 0.4) is 0 Å². The molecule has 4 heterocycles. The van der Waals surface area contributed by atoms with Crippen LogP contribution >= 0.6 is 0 Å². The van der Waals surface area contributed by atoms with Crippen molar-refractivity contribution in [1.82, 2.24) is 15.3 Å². The second-order valence-corrected chi connectivity index (χ2v) is 7.43. The van der Waals surface area contributed by atoms with Gasteiger partial charge in [-0.1, -0.05) is 6.07 Å². The number of carbonyl (C=O) groups is 2. The number of carbonyl (C=O) groups excluding carboxylic acids is 2. The molecule has 1 saturated heterocycles. The van der Waals surface area contributed by atoms with Crippen molar-refractivity contribution in [2.75, 3.05) is 22.9 Å². The van der Waals surface area contributed by atoms with Gasteiger partial charge in [0, 0.05) is 25.0 Å². The molecule has 1 fully saturated rings. The number of hydrogen-bond donors (Lipinski definition) is 1. The minimum absolute atomic E-state index is 0.0694. The zero-order valence-corrected chi connectivity index (χ0v) is 16.2. The molecule has 2 aromatic rings. The molecule has 4 rings (SSSR count). The predicted molar refractivity (Wildman–Crippen MR) is 103 cm³/mol. The number of alkyl halides is 3. The Labute approximate surface area is 170 Å². The first-order valence-electron chi connectivity index (χ1n) is 9.59. The third-order valence-corrected chi connectivity index (χ3v) is 5.35. The second kappa shape index (κ2) is 7.58. The van der Waals surface area contributed by atoms with E-state index in [1.165, 1.54) is 6.07 Å². The van der Waals surface area contributed by atoms with Gasteiger partial charge >= 0.3 is 6.18 Å². The molecule has 7 nitrogen and oxygen atoms in total. The van der Waals surface area contributed by atoms with Crippen molar-refractivity contribution >= 4 is 23.3 Å². The lowest BCUT2D eigenvalue weighted by molar-refractivity contribution is -0.149. The lowest BCUT2D eigenvalue weighted by Gasteiger charge is -2.36. The number of pyridine rings is 2. The first-order valence-corrected chi connectivity index (χ1v) is 9.59. The largest absolute Gasteiger partial charge is 0.408 e. The normalized spacial score (nSPS) is 18.7. The number of halogens is 3. The van der Waals surface area contributed by atoms with E-state index in [-0.39, 0.29) is 24.1 Å². The van der Waals surface area contributed by atoms with E-state index < -0.39 is 18.1 Å². The van der Waals surface area contributed by atoms with E-state index in [9.17, 15) is 22.8 Å². The van der Waals surface area contributed by atoms with Crippen LogP contribution < -0.4 is 15.1 Å². The SMILES string of the molecule is C[C@@H](NC(=O)c1ccc2c(n1)N(C(=O)Cc1ccccn1)[C@H]1CCN2C1)C(F)(F)F. The number of rotatable bonds is 4. The minimum atomic E-state index is -4.56. The van der Waals surface area contributed by atoms with E-state index in [4.69, 9.17) is 0 Å². The summed E-state index contributed by atoms with van der Waals surface area (Å²) in [5.41, 5.74) is 1.14. The lowest BCUT2D eigenvalue weighted by atomic mass is 10.1. The molecule has 2 amide bonds. The summed E-state index contributed by atoms with van der Waals surface area (Å²) in [6.45, 7) is 2.26. The molecule has 0 aromatic carbocycles. The smallest absolute Gasteiger partial charge is 0.366 e. The molecule has 2 aliphatic heterocycles. The van der Waals surface area contributed by atoms with Crippen molar-refractivity contribution in [3.05, 3.63) is 47.9 Å². The number of nitrogens with one attached hydrogen (secondary N) is 1. The molecule has 0 spiro atoms. The van der Waals surface area contributed by atoms with Gasteiger partial charge in [-0.3, -0.25) is 19.5 Å². The summed E-state index contributed by atoms with van der Waals surface area (Å²) >= 11 is 0. The second-order valence-electron chi connectivity index (χ2n) is 7.43. The van der Waals surface area contributed by atoms with E-state index in [0.29, 0.717) is 23.7 Å². The number of anilines is 2. The third-order valence-electron chi connectivity index (χ3n) is 5.35. The Balaban J connectivity index is 1.63. The highest BCUT2D eigenvalue weighted by Crippen LogP contribution is 2.39. The van der Waals surface area contributed by atoms with Gasteiger partial charge in [-0.2, -0.15) is 13.2 Å². The Kier molecular flexibility index (Phi) is 5.08. The fourth-order valence-electron chi connectivity index (χ4n) is 3.75. The summed E-state index contributed by atoms with van der Waals surface area (Å²) in [6, 6.07) is 6.21. The van der Waals surface area contributed by atoms with Gasteiger partial charge in [0.05, 0.1) is 18.2 Å². The molecule has 0 saturated carbocycles. The van der Waals surface area contributed by atoms with E-state index in [1.54, 1.807) is 35.4 Å². The summed E-state index contributed by atoms with van der Waals surface area (Å²) in [5.74, 6) is -0.847. The first-order chi connectivity index (χ1) is 14.2. The van der Waals surface area contributed by atoms with Gasteiger partial charge in [-0.25, -0.2) is 4.98 Å². The molecular weight excluding hydrogens is 399 g/mol. The number of amides is 2.